The quantitative estimate of drug-likeness (QED) is 0.327. The molecule has 3 aromatic carbocycles. The highest BCUT2D eigenvalue weighted by Gasteiger charge is 2.61. The first-order valence-electron chi connectivity index (χ1n) is 11.2. The lowest BCUT2D eigenvalue weighted by atomic mass is 9.86. The summed E-state index contributed by atoms with van der Waals surface area (Å²) in [5.74, 6) is -5.58. The number of alkyl halides is 5. The van der Waals surface area contributed by atoms with E-state index in [4.69, 9.17) is 0 Å². The molecule has 2 nitrogen and oxygen atoms in total. The molecule has 1 aliphatic rings. The molecule has 0 fully saturated rings. The van der Waals surface area contributed by atoms with Gasteiger partial charge >= 0.3 is 12.3 Å². The zero-order valence-electron chi connectivity index (χ0n) is 19.1. The Bertz CT molecular complexity index is 1310. The minimum absolute atomic E-state index is 0.0807. The number of halogens is 8. The van der Waals surface area contributed by atoms with Gasteiger partial charge in [-0.2, -0.15) is 26.3 Å². The second-order valence-corrected chi connectivity index (χ2v) is 8.68. The molecule has 37 heavy (non-hydrogen) atoms. The van der Waals surface area contributed by atoms with Crippen molar-refractivity contribution in [1.29, 1.82) is 0 Å². The molecule has 1 unspecified atom stereocenters. The van der Waals surface area contributed by atoms with E-state index in [1.807, 2.05) is 6.08 Å². The summed E-state index contributed by atoms with van der Waals surface area (Å²) in [6.07, 6.45) is -7.60. The van der Waals surface area contributed by atoms with Crippen molar-refractivity contribution < 1.29 is 45.0 Å². The molecule has 0 saturated carbocycles. The third kappa shape index (κ3) is 5.49. The van der Waals surface area contributed by atoms with Crippen molar-refractivity contribution in [2.24, 2.45) is 5.92 Å². The average molecular weight is 528 g/mol. The van der Waals surface area contributed by atoms with E-state index < -0.39 is 41.0 Å². The van der Waals surface area contributed by atoms with E-state index >= 15 is 0 Å². The summed E-state index contributed by atoms with van der Waals surface area (Å²) < 4.78 is 110. The molecule has 1 atom stereocenters. The zero-order chi connectivity index (χ0) is 27.0. The number of aliphatic hydroxyl groups excluding tert-OH is 1. The molecule has 0 aliphatic heterocycles. The van der Waals surface area contributed by atoms with Gasteiger partial charge < -0.3 is 9.84 Å². The summed E-state index contributed by atoms with van der Waals surface area (Å²) in [5, 5.41) is 9.26. The Morgan fingerprint density at radius 1 is 0.784 bits per heavy atom. The van der Waals surface area contributed by atoms with Crippen molar-refractivity contribution in [3.8, 4) is 28.0 Å². The van der Waals surface area contributed by atoms with E-state index in [1.165, 1.54) is 30.3 Å². The first-order valence-corrected chi connectivity index (χ1v) is 11.2. The molecule has 10 heteroatoms. The number of ether oxygens (including phenoxy) is 1. The Morgan fingerprint density at radius 3 is 1.92 bits per heavy atom. The van der Waals surface area contributed by atoms with Crippen LogP contribution in [0.3, 0.4) is 0 Å². The third-order valence-electron chi connectivity index (χ3n) is 6.24. The molecule has 1 aliphatic carbocycles. The van der Waals surface area contributed by atoms with Crippen molar-refractivity contribution in [2.45, 2.75) is 31.5 Å². The van der Waals surface area contributed by atoms with E-state index in [-0.39, 0.29) is 23.7 Å². The molecule has 196 valence electrons. The van der Waals surface area contributed by atoms with Crippen LogP contribution in [0.1, 0.15) is 24.8 Å². The fraction of sp³-hybridized carbons (Fsp3) is 0.259. The van der Waals surface area contributed by atoms with Crippen LogP contribution in [0.25, 0.3) is 27.8 Å². The van der Waals surface area contributed by atoms with Crippen LogP contribution in [0.5, 0.6) is 5.75 Å². The van der Waals surface area contributed by atoms with Gasteiger partial charge in [0, 0.05) is 17.7 Å². The maximum Gasteiger partial charge on any atom is 0.499 e. The van der Waals surface area contributed by atoms with Gasteiger partial charge in [-0.05, 0) is 65.6 Å². The molecule has 0 bridgehead atoms. The fourth-order valence-corrected chi connectivity index (χ4v) is 4.12. The maximum atomic E-state index is 14.9. The Kier molecular flexibility index (Phi) is 7.32. The van der Waals surface area contributed by atoms with Crippen molar-refractivity contribution in [3.05, 3.63) is 83.7 Å². The normalized spacial score (nSPS) is 16.5. The lowest BCUT2D eigenvalue weighted by Gasteiger charge is -2.21. The molecular formula is C27H20F8O2. The Hall–Kier alpha value is -3.40. The highest BCUT2D eigenvalue weighted by Crippen LogP contribution is 2.40. The number of hydrogen-bond donors (Lipinski definition) is 1. The van der Waals surface area contributed by atoms with Crippen LogP contribution >= 0.6 is 0 Å². The highest BCUT2D eigenvalue weighted by molar-refractivity contribution is 5.74. The van der Waals surface area contributed by atoms with Gasteiger partial charge in [0.25, 0.3) is 0 Å². The first kappa shape index (κ1) is 26.7. The van der Waals surface area contributed by atoms with Crippen LogP contribution in [-0.4, -0.2) is 24.0 Å². The van der Waals surface area contributed by atoms with Crippen molar-refractivity contribution >= 4 is 5.57 Å². The standard InChI is InChI=1S/C27H20F8O2/c28-22-13-19(16-3-1-15(14-36)2-4-16)9-10-20(22)17-5-7-18(8-6-17)21-11-12-23(25(30)24(21)29)37-27(34,35)26(31,32)33/h3,5-13,15,36H,1-2,4,14H2. The summed E-state index contributed by atoms with van der Waals surface area (Å²) in [6, 6.07) is 11.6. The molecule has 1 N–H and O–H groups in total. The van der Waals surface area contributed by atoms with Gasteiger partial charge in [0.15, 0.2) is 11.6 Å². The summed E-state index contributed by atoms with van der Waals surface area (Å²) in [4.78, 5) is 0. The van der Waals surface area contributed by atoms with Gasteiger partial charge in [-0.3, -0.25) is 0 Å². The SMILES string of the molecule is OCC1CC=C(c2ccc(-c3ccc(-c4ccc(OC(F)(F)C(F)(F)F)c(F)c4F)cc3)c(F)c2)CC1. The van der Waals surface area contributed by atoms with E-state index in [0.29, 0.717) is 18.1 Å². The summed E-state index contributed by atoms with van der Waals surface area (Å²) in [6.45, 7) is 0.107. The topological polar surface area (TPSA) is 29.5 Å². The molecule has 0 amide bonds. The van der Waals surface area contributed by atoms with Crippen LogP contribution in [0, 0.1) is 23.4 Å². The van der Waals surface area contributed by atoms with Gasteiger partial charge in [0.05, 0.1) is 0 Å². The van der Waals surface area contributed by atoms with Gasteiger partial charge in [-0.1, -0.05) is 42.5 Å². The first-order chi connectivity index (χ1) is 17.4. The van der Waals surface area contributed by atoms with Crippen molar-refractivity contribution in [3.63, 3.8) is 0 Å². The molecule has 4 rings (SSSR count). The second kappa shape index (κ2) is 10.2. The monoisotopic (exact) mass is 528 g/mol. The number of benzene rings is 3. The van der Waals surface area contributed by atoms with E-state index in [0.717, 1.165) is 30.0 Å². The van der Waals surface area contributed by atoms with Crippen LogP contribution in [0.15, 0.2) is 60.7 Å². The highest BCUT2D eigenvalue weighted by atomic mass is 19.4. The van der Waals surface area contributed by atoms with Gasteiger partial charge in [0.2, 0.25) is 5.82 Å². The minimum atomic E-state index is -6.12. The van der Waals surface area contributed by atoms with Crippen molar-refractivity contribution in [1.82, 2.24) is 0 Å². The lowest BCUT2D eigenvalue weighted by Crippen LogP contribution is -2.42. The van der Waals surface area contributed by atoms with Crippen LogP contribution in [-0.2, 0) is 0 Å². The zero-order valence-corrected chi connectivity index (χ0v) is 19.1. The van der Waals surface area contributed by atoms with Crippen LogP contribution in [0.2, 0.25) is 0 Å². The number of hydrogen-bond acceptors (Lipinski definition) is 2. The van der Waals surface area contributed by atoms with E-state index in [1.54, 1.807) is 12.1 Å². The maximum absolute atomic E-state index is 14.9. The Labute approximate surface area is 206 Å². The van der Waals surface area contributed by atoms with Crippen LogP contribution < -0.4 is 4.74 Å². The van der Waals surface area contributed by atoms with E-state index in [2.05, 4.69) is 4.74 Å². The van der Waals surface area contributed by atoms with Gasteiger partial charge in [0.1, 0.15) is 5.82 Å². The summed E-state index contributed by atoms with van der Waals surface area (Å²) >= 11 is 0. The fourth-order valence-electron chi connectivity index (χ4n) is 4.12. The van der Waals surface area contributed by atoms with Crippen molar-refractivity contribution in [2.75, 3.05) is 6.61 Å². The molecule has 0 radical (unpaired) electrons. The van der Waals surface area contributed by atoms with Gasteiger partial charge in [-0.15, -0.1) is 0 Å². The second-order valence-electron chi connectivity index (χ2n) is 8.68. The molecule has 0 saturated heterocycles. The average Bonchev–Trinajstić information content (AvgIpc) is 2.86. The molecule has 0 heterocycles. The van der Waals surface area contributed by atoms with Crippen LogP contribution in [0.4, 0.5) is 35.1 Å². The number of rotatable bonds is 6. The third-order valence-corrected chi connectivity index (χ3v) is 6.24. The number of allylic oxidation sites excluding steroid dienone is 2. The Morgan fingerprint density at radius 2 is 1.38 bits per heavy atom. The minimum Gasteiger partial charge on any atom is -0.423 e. The smallest absolute Gasteiger partial charge is 0.423 e. The molecule has 3 aromatic rings. The Balaban J connectivity index is 1.56. The largest absolute Gasteiger partial charge is 0.499 e. The predicted octanol–water partition coefficient (Wildman–Crippen LogP) is 8.15. The van der Waals surface area contributed by atoms with E-state index in [9.17, 15) is 40.2 Å². The number of aliphatic hydroxyl groups is 1. The summed E-state index contributed by atoms with van der Waals surface area (Å²) in [7, 11) is 0. The molecule has 0 aromatic heterocycles. The van der Waals surface area contributed by atoms with Gasteiger partial charge in [-0.25, -0.2) is 8.78 Å². The predicted molar refractivity (Wildman–Crippen MR) is 121 cm³/mol. The molecule has 0 spiro atoms. The summed E-state index contributed by atoms with van der Waals surface area (Å²) in [5.41, 5.74) is 2.07. The lowest BCUT2D eigenvalue weighted by molar-refractivity contribution is -0.361. The molecular weight excluding hydrogens is 508 g/mol.